The number of allylic oxidation sites excluding steroid dienone is 1. The lowest BCUT2D eigenvalue weighted by molar-refractivity contribution is -0.144. The van der Waals surface area contributed by atoms with Crippen molar-refractivity contribution >= 4 is 37.3 Å². The summed E-state index contributed by atoms with van der Waals surface area (Å²) in [5.41, 5.74) is 1.25. The standard InChI is InChI=1S/C10H18O2.C10H16O2.C8H17O5P.C8H14O2.C6H10O.C2H6O.C2H6/c2*1-3-12-10(11)7-9-5-4-8(2)6-9;1-4-11-8(9)7-14(10,12-5-2)13-6-3;1-6-2-3-7(4-6)5-8(9)10;1-5-2-3-6(7)4-5;1-2-3;1-2/h8-9H,3-7H2,1-2H3;7-8H,3-6H2,1-2H3;4-7H2,1-3H3;6-7H,2-5H2,1H3,(H,9,10);5H,2-4H2,1H3;3H,2H2,1H3;1-2H3/t8-,9?;8-;;6-,7?;5-;;/m11.11../s1. The molecule has 4 rings (SSSR count). The van der Waals surface area contributed by atoms with Crippen LogP contribution in [0.15, 0.2) is 11.6 Å². The maximum atomic E-state index is 11.8. The molecule has 6 atom stereocenters. The molecule has 4 aliphatic carbocycles. The van der Waals surface area contributed by atoms with E-state index in [1.54, 1.807) is 33.8 Å². The number of aliphatic hydroxyl groups excluding tert-OH is 1. The van der Waals surface area contributed by atoms with E-state index in [0.717, 1.165) is 62.7 Å². The first-order valence-electron chi connectivity index (χ1n) is 22.8. The van der Waals surface area contributed by atoms with Crippen LogP contribution in [0.2, 0.25) is 0 Å². The Hall–Kier alpha value is -2.60. The van der Waals surface area contributed by atoms with Gasteiger partial charge in [0.05, 0.1) is 33.0 Å². The molecule has 0 radical (unpaired) electrons. The number of carboxylic acids is 1. The second-order valence-corrected chi connectivity index (χ2v) is 17.7. The van der Waals surface area contributed by atoms with E-state index in [1.807, 2.05) is 27.7 Å². The van der Waals surface area contributed by atoms with Gasteiger partial charge in [-0.1, -0.05) is 60.0 Å². The number of esters is 3. The molecule has 4 saturated carbocycles. The number of Topliss-reactive ketones (excluding diaryl/α,β-unsaturated/α-hetero) is 1. The van der Waals surface area contributed by atoms with E-state index < -0.39 is 19.5 Å². The third-order valence-corrected chi connectivity index (χ3v) is 11.7. The Morgan fingerprint density at radius 2 is 1.08 bits per heavy atom. The number of carbonyl (C=O) groups is 5. The first kappa shape index (κ1) is 61.7. The lowest BCUT2D eigenvalue weighted by Crippen LogP contribution is -2.12. The third kappa shape index (κ3) is 36.1. The molecule has 4 aliphatic rings. The number of hydrogen-bond acceptors (Lipinski definition) is 12. The number of carboxylic acid groups (broad SMARTS) is 1. The zero-order chi connectivity index (χ0) is 46.5. The van der Waals surface area contributed by atoms with Crippen LogP contribution in [0, 0.1) is 35.5 Å². The highest BCUT2D eigenvalue weighted by molar-refractivity contribution is 7.54. The molecule has 0 amide bonds. The van der Waals surface area contributed by atoms with Crippen molar-refractivity contribution in [2.75, 3.05) is 45.8 Å². The van der Waals surface area contributed by atoms with E-state index in [0.29, 0.717) is 49.6 Å². The van der Waals surface area contributed by atoms with Crippen LogP contribution < -0.4 is 0 Å². The van der Waals surface area contributed by atoms with E-state index in [4.69, 9.17) is 28.7 Å². The fourth-order valence-electron chi connectivity index (χ4n) is 7.18. The second kappa shape index (κ2) is 39.3. The van der Waals surface area contributed by atoms with Crippen molar-refractivity contribution in [2.24, 2.45) is 35.5 Å². The molecule has 0 heterocycles. The van der Waals surface area contributed by atoms with Crippen molar-refractivity contribution in [1.29, 1.82) is 0 Å². The van der Waals surface area contributed by atoms with Crippen LogP contribution in [-0.4, -0.2) is 85.7 Å². The molecule has 13 nitrogen and oxygen atoms in total. The molecule has 0 aromatic rings. The summed E-state index contributed by atoms with van der Waals surface area (Å²) in [6.45, 7) is 25.2. The number of aliphatic carboxylic acids is 1. The zero-order valence-corrected chi connectivity index (χ0v) is 40.6. The number of rotatable bonds is 14. The maximum absolute atomic E-state index is 11.8. The van der Waals surface area contributed by atoms with Crippen molar-refractivity contribution in [3.05, 3.63) is 11.6 Å². The molecule has 0 aliphatic heterocycles. The summed E-state index contributed by atoms with van der Waals surface area (Å²) >= 11 is 0. The average molecular weight is 879 g/mol. The van der Waals surface area contributed by atoms with Gasteiger partial charge >= 0.3 is 31.5 Å². The molecule has 2 N–H and O–H groups in total. The molecule has 2 unspecified atom stereocenters. The topological polar surface area (TPSA) is 189 Å². The van der Waals surface area contributed by atoms with Crippen molar-refractivity contribution in [1.82, 2.24) is 0 Å². The predicted octanol–water partition coefficient (Wildman–Crippen LogP) is 10.8. The lowest BCUT2D eigenvalue weighted by Gasteiger charge is -2.15. The minimum atomic E-state index is -3.28. The molecule has 4 fully saturated rings. The summed E-state index contributed by atoms with van der Waals surface area (Å²) in [7, 11) is -3.28. The summed E-state index contributed by atoms with van der Waals surface area (Å²) in [6.07, 6.45) is 15.7. The summed E-state index contributed by atoms with van der Waals surface area (Å²) < 4.78 is 36.0. The number of hydrogen-bond donors (Lipinski definition) is 2. The molecule has 0 aromatic carbocycles. The first-order chi connectivity index (χ1) is 28.4. The monoisotopic (exact) mass is 879 g/mol. The molecule has 60 heavy (non-hydrogen) atoms. The Morgan fingerprint density at radius 3 is 1.42 bits per heavy atom. The Bertz CT molecular complexity index is 1210. The van der Waals surface area contributed by atoms with Crippen LogP contribution in [0.1, 0.15) is 173 Å². The van der Waals surface area contributed by atoms with E-state index in [2.05, 4.69) is 32.4 Å². The Balaban J connectivity index is -0.000000665. The second-order valence-electron chi connectivity index (χ2n) is 15.7. The van der Waals surface area contributed by atoms with Gasteiger partial charge in [0.1, 0.15) is 11.9 Å². The van der Waals surface area contributed by atoms with Gasteiger partial charge in [-0.3, -0.25) is 23.7 Å². The van der Waals surface area contributed by atoms with Crippen molar-refractivity contribution in [3.8, 4) is 0 Å². The van der Waals surface area contributed by atoms with Gasteiger partial charge in [-0.2, -0.15) is 0 Å². The molecular weight excluding hydrogens is 791 g/mol. The highest BCUT2D eigenvalue weighted by Crippen LogP contribution is 2.47. The van der Waals surface area contributed by atoms with E-state index >= 15 is 0 Å². The summed E-state index contributed by atoms with van der Waals surface area (Å²) in [5.74, 6) is 3.10. The van der Waals surface area contributed by atoms with Gasteiger partial charge in [-0.05, 0) is 128 Å². The molecule has 0 bridgehead atoms. The number of aliphatic hydroxyl groups is 1. The van der Waals surface area contributed by atoms with Crippen LogP contribution in [-0.2, 0) is 51.8 Å². The Kier molecular flexibility index (Phi) is 40.4. The largest absolute Gasteiger partial charge is 0.481 e. The van der Waals surface area contributed by atoms with Gasteiger partial charge in [-0.15, -0.1) is 0 Å². The quantitative estimate of drug-likeness (QED) is 0.0726. The molecule has 0 aromatic heterocycles. The van der Waals surface area contributed by atoms with Gasteiger partial charge in [0.25, 0.3) is 0 Å². The van der Waals surface area contributed by atoms with E-state index in [9.17, 15) is 28.5 Å². The van der Waals surface area contributed by atoms with Gasteiger partial charge in [-0.25, -0.2) is 4.79 Å². The van der Waals surface area contributed by atoms with Gasteiger partial charge < -0.3 is 33.5 Å². The van der Waals surface area contributed by atoms with Crippen LogP contribution in [0.25, 0.3) is 0 Å². The first-order valence-corrected chi connectivity index (χ1v) is 24.5. The molecule has 14 heteroatoms. The Morgan fingerprint density at radius 1 is 0.633 bits per heavy atom. The molecule has 354 valence electrons. The molecular formula is C46H87O13P. The smallest absolute Gasteiger partial charge is 0.341 e. The minimum absolute atomic E-state index is 0.0170. The SMILES string of the molecule is CC.CCO.CCOC(=O)C=C1CC[C@@H](C)C1.CCOC(=O)CC1CC[C@@H](C)C1.CCOC(=O)CP(=O)(OCC)OCC.C[C@@H]1CCC(=O)C1.C[C@@H]1CCC(CC(=O)O)C1. The van der Waals surface area contributed by atoms with Crippen LogP contribution in [0.5, 0.6) is 0 Å². The van der Waals surface area contributed by atoms with Crippen molar-refractivity contribution in [2.45, 2.75) is 173 Å². The van der Waals surface area contributed by atoms with Crippen LogP contribution in [0.4, 0.5) is 0 Å². The fourth-order valence-corrected chi connectivity index (χ4v) is 8.63. The summed E-state index contributed by atoms with van der Waals surface area (Å²) in [5, 5.41) is 16.0. The van der Waals surface area contributed by atoms with Crippen molar-refractivity contribution in [3.63, 3.8) is 0 Å². The average Bonchev–Trinajstić information content (AvgIpc) is 3.97. The number of ether oxygens (including phenoxy) is 3. The summed E-state index contributed by atoms with van der Waals surface area (Å²) in [6, 6.07) is 0. The van der Waals surface area contributed by atoms with Crippen LogP contribution >= 0.6 is 7.60 Å². The third-order valence-electron chi connectivity index (χ3n) is 9.78. The predicted molar refractivity (Wildman–Crippen MR) is 239 cm³/mol. The van der Waals surface area contributed by atoms with E-state index in [1.165, 1.54) is 37.7 Å². The van der Waals surface area contributed by atoms with Gasteiger partial charge in [0.2, 0.25) is 0 Å². The van der Waals surface area contributed by atoms with Gasteiger partial charge in [0.15, 0.2) is 0 Å². The maximum Gasteiger partial charge on any atom is 0.341 e. The fraction of sp³-hybridized carbons (Fsp3) is 0.848. The molecule has 0 saturated heterocycles. The zero-order valence-electron chi connectivity index (χ0n) is 39.7. The van der Waals surface area contributed by atoms with Crippen molar-refractivity contribution < 1.29 is 62.0 Å². The van der Waals surface area contributed by atoms with E-state index in [-0.39, 0.29) is 44.5 Å². The Labute approximate surface area is 364 Å². The highest BCUT2D eigenvalue weighted by atomic mass is 31.2. The lowest BCUT2D eigenvalue weighted by atomic mass is 10.0. The number of carbonyl (C=O) groups excluding carboxylic acids is 4. The summed E-state index contributed by atoms with van der Waals surface area (Å²) in [4.78, 5) is 53.9. The highest BCUT2D eigenvalue weighted by Gasteiger charge is 2.28. The van der Waals surface area contributed by atoms with Crippen LogP contribution in [0.3, 0.4) is 0 Å². The van der Waals surface area contributed by atoms with Gasteiger partial charge in [0, 0.05) is 38.4 Å². The number of ketones is 1. The minimum Gasteiger partial charge on any atom is -0.481 e. The molecule has 0 spiro atoms. The normalized spacial score (nSPS) is 23.1.